The van der Waals surface area contributed by atoms with Crippen LogP contribution in [0.3, 0.4) is 0 Å². The fraction of sp³-hybridized carbons (Fsp3) is 0.308. The van der Waals surface area contributed by atoms with E-state index in [9.17, 15) is 9.59 Å². The quantitative estimate of drug-likeness (QED) is 0.405. The lowest BCUT2D eigenvalue weighted by Gasteiger charge is -2.31. The van der Waals surface area contributed by atoms with Gasteiger partial charge < -0.3 is 23.8 Å². The fourth-order valence-corrected chi connectivity index (χ4v) is 4.10. The summed E-state index contributed by atoms with van der Waals surface area (Å²) >= 11 is 3.49. The van der Waals surface area contributed by atoms with Crippen molar-refractivity contribution in [2.75, 3.05) is 31.8 Å². The van der Waals surface area contributed by atoms with E-state index in [1.165, 1.54) is 0 Å². The molecule has 1 heterocycles. The van der Waals surface area contributed by atoms with E-state index in [0.29, 0.717) is 17.9 Å². The Morgan fingerprint density at radius 2 is 1.47 bits per heavy atom. The topological polar surface area (TPSA) is 74.3 Å². The highest BCUT2D eigenvalue weighted by Crippen LogP contribution is 2.43. The van der Waals surface area contributed by atoms with E-state index in [0.717, 1.165) is 15.9 Å². The predicted molar refractivity (Wildman–Crippen MR) is 133 cm³/mol. The second-order valence-electron chi connectivity index (χ2n) is 7.26. The van der Waals surface area contributed by atoms with Crippen molar-refractivity contribution in [3.63, 3.8) is 0 Å². The summed E-state index contributed by atoms with van der Waals surface area (Å²) in [4.78, 5) is 28.0. The standard InChI is InChI=1S/C26H28BrNO6/c1-5-32-19-11-9-18(10-12-19)28-15-21(25(29)33-6-2)24(22(16-28)26(30)34-7-3)20-14-17(27)8-13-23(20)31-4/h8-16,24H,5-7H2,1-4H3. The van der Waals surface area contributed by atoms with Crippen LogP contribution in [-0.2, 0) is 19.1 Å². The fourth-order valence-electron chi connectivity index (χ4n) is 3.72. The Balaban J connectivity index is 2.19. The monoisotopic (exact) mass is 529 g/mol. The third-order valence-electron chi connectivity index (χ3n) is 5.15. The van der Waals surface area contributed by atoms with Crippen LogP contribution in [0.4, 0.5) is 5.69 Å². The third kappa shape index (κ3) is 5.62. The summed E-state index contributed by atoms with van der Waals surface area (Å²) in [6, 6.07) is 12.8. The van der Waals surface area contributed by atoms with Crippen LogP contribution >= 0.6 is 15.9 Å². The highest BCUT2D eigenvalue weighted by atomic mass is 79.9. The maximum atomic E-state index is 13.1. The van der Waals surface area contributed by atoms with Crippen molar-refractivity contribution in [1.29, 1.82) is 0 Å². The van der Waals surface area contributed by atoms with Crippen LogP contribution < -0.4 is 14.4 Å². The van der Waals surface area contributed by atoms with Gasteiger partial charge in [-0.05, 0) is 63.2 Å². The smallest absolute Gasteiger partial charge is 0.336 e. The van der Waals surface area contributed by atoms with E-state index < -0.39 is 17.9 Å². The molecule has 8 heteroatoms. The number of carbonyl (C=O) groups is 2. The first-order chi connectivity index (χ1) is 16.4. The number of methoxy groups -OCH3 is 1. The van der Waals surface area contributed by atoms with Crippen LogP contribution in [0.2, 0.25) is 0 Å². The lowest BCUT2D eigenvalue weighted by molar-refractivity contribution is -0.139. The first kappa shape index (κ1) is 25.4. The Bertz CT molecular complexity index is 1060. The molecule has 0 saturated heterocycles. The van der Waals surface area contributed by atoms with Crippen molar-refractivity contribution in [3.05, 3.63) is 76.0 Å². The molecule has 0 N–H and O–H groups in total. The Hall–Kier alpha value is -3.26. The second-order valence-corrected chi connectivity index (χ2v) is 8.18. The first-order valence-corrected chi connectivity index (χ1v) is 11.8. The number of hydrogen-bond acceptors (Lipinski definition) is 7. The first-order valence-electron chi connectivity index (χ1n) is 11.1. The van der Waals surface area contributed by atoms with Crippen molar-refractivity contribution in [3.8, 4) is 11.5 Å². The molecule has 3 rings (SSSR count). The molecule has 0 aliphatic carbocycles. The zero-order valence-corrected chi connectivity index (χ0v) is 21.3. The van der Waals surface area contributed by atoms with Gasteiger partial charge in [0.1, 0.15) is 11.5 Å². The third-order valence-corrected chi connectivity index (χ3v) is 5.64. The van der Waals surface area contributed by atoms with Gasteiger partial charge in [0.15, 0.2) is 0 Å². The zero-order chi connectivity index (χ0) is 24.7. The van der Waals surface area contributed by atoms with Gasteiger partial charge in [0.2, 0.25) is 0 Å². The Morgan fingerprint density at radius 1 is 0.882 bits per heavy atom. The summed E-state index contributed by atoms with van der Waals surface area (Å²) in [5.74, 6) is -0.539. The van der Waals surface area contributed by atoms with Crippen LogP contribution in [-0.4, -0.2) is 38.9 Å². The Labute approximate surface area is 208 Å². The molecule has 0 bridgehead atoms. The van der Waals surface area contributed by atoms with Gasteiger partial charge in [-0.1, -0.05) is 15.9 Å². The van der Waals surface area contributed by atoms with E-state index in [1.54, 1.807) is 44.3 Å². The molecule has 0 radical (unpaired) electrons. The largest absolute Gasteiger partial charge is 0.496 e. The molecule has 0 aromatic heterocycles. The van der Waals surface area contributed by atoms with Crippen molar-refractivity contribution < 1.29 is 28.5 Å². The SMILES string of the molecule is CCOC(=O)C1=CN(c2ccc(OCC)cc2)C=C(C(=O)OCC)C1c1cc(Br)ccc1OC. The zero-order valence-electron chi connectivity index (χ0n) is 19.7. The van der Waals surface area contributed by atoms with Gasteiger partial charge in [-0.3, -0.25) is 0 Å². The van der Waals surface area contributed by atoms with E-state index in [2.05, 4.69) is 15.9 Å². The van der Waals surface area contributed by atoms with Crippen molar-refractivity contribution in [2.45, 2.75) is 26.7 Å². The van der Waals surface area contributed by atoms with Gasteiger partial charge in [0.05, 0.1) is 44.0 Å². The summed E-state index contributed by atoms with van der Waals surface area (Å²) in [6.45, 7) is 6.33. The highest BCUT2D eigenvalue weighted by molar-refractivity contribution is 9.10. The van der Waals surface area contributed by atoms with Crippen LogP contribution in [0.25, 0.3) is 0 Å². The van der Waals surface area contributed by atoms with E-state index >= 15 is 0 Å². The van der Waals surface area contributed by atoms with Gasteiger partial charge in [-0.25, -0.2) is 9.59 Å². The molecule has 7 nitrogen and oxygen atoms in total. The molecule has 0 amide bonds. The second kappa shape index (κ2) is 11.7. The number of ether oxygens (including phenoxy) is 4. The van der Waals surface area contributed by atoms with Crippen molar-refractivity contribution >= 4 is 33.6 Å². The van der Waals surface area contributed by atoms with E-state index in [-0.39, 0.29) is 24.4 Å². The lowest BCUT2D eigenvalue weighted by atomic mass is 9.82. The number of carbonyl (C=O) groups excluding carboxylic acids is 2. The molecule has 2 aromatic carbocycles. The number of hydrogen-bond donors (Lipinski definition) is 0. The summed E-state index contributed by atoms with van der Waals surface area (Å²) in [5, 5.41) is 0. The molecule has 180 valence electrons. The summed E-state index contributed by atoms with van der Waals surface area (Å²) in [6.07, 6.45) is 3.36. The Kier molecular flexibility index (Phi) is 8.76. The number of anilines is 1. The van der Waals surface area contributed by atoms with Gasteiger partial charge in [-0.2, -0.15) is 0 Å². The van der Waals surface area contributed by atoms with Crippen LogP contribution in [0, 0.1) is 0 Å². The maximum Gasteiger partial charge on any atom is 0.336 e. The predicted octanol–water partition coefficient (Wildman–Crippen LogP) is 5.35. The molecule has 0 unspecified atom stereocenters. The minimum absolute atomic E-state index is 0.194. The summed E-state index contributed by atoms with van der Waals surface area (Å²) in [7, 11) is 1.54. The van der Waals surface area contributed by atoms with Crippen LogP contribution in [0.15, 0.2) is 70.5 Å². The normalized spacial score (nSPS) is 13.6. The lowest BCUT2D eigenvalue weighted by Crippen LogP contribution is -2.29. The molecule has 34 heavy (non-hydrogen) atoms. The van der Waals surface area contributed by atoms with Crippen molar-refractivity contribution in [1.82, 2.24) is 0 Å². The number of benzene rings is 2. The Morgan fingerprint density at radius 3 is 1.97 bits per heavy atom. The minimum Gasteiger partial charge on any atom is -0.496 e. The molecular formula is C26H28BrNO6. The van der Waals surface area contributed by atoms with Gasteiger partial charge in [0.25, 0.3) is 0 Å². The molecule has 0 fully saturated rings. The number of esters is 2. The van der Waals surface area contributed by atoms with Gasteiger partial charge in [0, 0.05) is 28.1 Å². The van der Waals surface area contributed by atoms with Gasteiger partial charge in [-0.15, -0.1) is 0 Å². The molecule has 0 atom stereocenters. The molecule has 1 aliphatic rings. The van der Waals surface area contributed by atoms with Gasteiger partial charge >= 0.3 is 11.9 Å². The molecule has 0 spiro atoms. The number of nitrogens with zero attached hydrogens (tertiary/aromatic N) is 1. The van der Waals surface area contributed by atoms with E-state index in [4.69, 9.17) is 18.9 Å². The summed E-state index contributed by atoms with van der Waals surface area (Å²) < 4.78 is 22.6. The minimum atomic E-state index is -0.746. The van der Waals surface area contributed by atoms with Crippen molar-refractivity contribution in [2.24, 2.45) is 0 Å². The molecule has 1 aliphatic heterocycles. The maximum absolute atomic E-state index is 13.1. The van der Waals surface area contributed by atoms with Crippen LogP contribution in [0.5, 0.6) is 11.5 Å². The van der Waals surface area contributed by atoms with E-state index in [1.807, 2.05) is 43.3 Å². The number of halogens is 1. The molecule has 0 saturated carbocycles. The molecular weight excluding hydrogens is 502 g/mol. The van der Waals surface area contributed by atoms with Crippen LogP contribution in [0.1, 0.15) is 32.3 Å². The molecule has 2 aromatic rings. The average Bonchev–Trinajstić information content (AvgIpc) is 2.84. The highest BCUT2D eigenvalue weighted by Gasteiger charge is 2.37. The number of rotatable bonds is 9. The average molecular weight is 530 g/mol. The summed E-state index contributed by atoms with van der Waals surface area (Å²) in [5.41, 5.74) is 1.96.